The lowest BCUT2D eigenvalue weighted by atomic mass is 9.95. The van der Waals surface area contributed by atoms with Crippen molar-refractivity contribution in [1.82, 2.24) is 9.62 Å². The van der Waals surface area contributed by atoms with Crippen molar-refractivity contribution in [2.24, 2.45) is 0 Å². The molecule has 152 valence electrons. The minimum atomic E-state index is -3.74. The molecule has 0 aliphatic carbocycles. The van der Waals surface area contributed by atoms with Crippen molar-refractivity contribution in [2.75, 3.05) is 13.2 Å². The molecule has 1 N–H and O–H groups in total. The lowest BCUT2D eigenvalue weighted by molar-refractivity contribution is -0.125. The Morgan fingerprint density at radius 3 is 2.68 bits per heavy atom. The molecule has 1 atom stereocenters. The quantitative estimate of drug-likeness (QED) is 0.664. The predicted octanol–water partition coefficient (Wildman–Crippen LogP) is 2.80. The van der Waals surface area contributed by atoms with E-state index >= 15 is 0 Å². The maximum absolute atomic E-state index is 13.2. The summed E-state index contributed by atoms with van der Waals surface area (Å²) in [6, 6.07) is 10.2. The molecule has 6 nitrogen and oxygen atoms in total. The van der Waals surface area contributed by atoms with E-state index in [-0.39, 0.29) is 22.8 Å². The number of thiophene rings is 1. The fourth-order valence-corrected chi connectivity index (χ4v) is 5.91. The largest absolute Gasteiger partial charge is 0.379 e. The van der Waals surface area contributed by atoms with Crippen molar-refractivity contribution < 1.29 is 17.9 Å². The Labute approximate surface area is 170 Å². The minimum absolute atomic E-state index is 0.150. The molecule has 0 spiro atoms. The summed E-state index contributed by atoms with van der Waals surface area (Å²) in [6.07, 6.45) is 1.21. The molecule has 0 bridgehead atoms. The molecule has 2 heterocycles. The van der Waals surface area contributed by atoms with Crippen LogP contribution in [0.5, 0.6) is 0 Å². The molecule has 0 radical (unpaired) electrons. The van der Waals surface area contributed by atoms with Gasteiger partial charge >= 0.3 is 0 Å². The number of nitrogens with zero attached hydrogens (tertiary/aromatic N) is 1. The summed E-state index contributed by atoms with van der Waals surface area (Å²) in [4.78, 5) is 12.9. The van der Waals surface area contributed by atoms with E-state index in [1.807, 2.05) is 38.1 Å². The average Bonchev–Trinajstić information content (AvgIpc) is 3.22. The van der Waals surface area contributed by atoms with Crippen LogP contribution >= 0.6 is 11.3 Å². The van der Waals surface area contributed by atoms with Gasteiger partial charge in [0.25, 0.3) is 10.0 Å². The Bertz CT molecular complexity index is 895. The number of fused-ring (bicyclic) bond motifs is 1. The second-order valence-electron chi connectivity index (χ2n) is 7.04. The summed E-state index contributed by atoms with van der Waals surface area (Å²) in [7, 11) is -3.74. The molecule has 1 amide bonds. The zero-order valence-corrected chi connectivity index (χ0v) is 17.8. The summed E-state index contributed by atoms with van der Waals surface area (Å²) in [5.41, 5.74) is 1.96. The second kappa shape index (κ2) is 9.17. The summed E-state index contributed by atoms with van der Waals surface area (Å²) in [5.74, 6) is -0.265. The number of amides is 1. The van der Waals surface area contributed by atoms with E-state index in [1.165, 1.54) is 15.6 Å². The molecule has 28 heavy (non-hydrogen) atoms. The van der Waals surface area contributed by atoms with Crippen molar-refractivity contribution in [2.45, 2.75) is 49.6 Å². The first-order chi connectivity index (χ1) is 13.4. The van der Waals surface area contributed by atoms with Crippen LogP contribution in [0.2, 0.25) is 0 Å². The van der Waals surface area contributed by atoms with E-state index in [2.05, 4.69) is 5.32 Å². The Hall–Kier alpha value is -1.74. The van der Waals surface area contributed by atoms with Crippen molar-refractivity contribution >= 4 is 27.3 Å². The Kier molecular flexibility index (Phi) is 6.87. The Morgan fingerprint density at radius 2 is 2.00 bits per heavy atom. The standard InChI is InChI=1S/C20H26N2O4S2/c1-15(2)26-11-6-10-21-20(23)18-13-16-7-3-4-8-17(16)14-22(18)28(24,25)19-9-5-12-27-19/h3-5,7-9,12,15,18H,6,10-11,13-14H2,1-2H3,(H,21,23). The Balaban J connectivity index is 1.77. The van der Waals surface area contributed by atoms with Gasteiger partial charge in [0.05, 0.1) is 6.10 Å². The molecule has 0 fully saturated rings. The van der Waals surface area contributed by atoms with E-state index in [9.17, 15) is 13.2 Å². The number of nitrogens with one attached hydrogen (secondary N) is 1. The van der Waals surface area contributed by atoms with Gasteiger partial charge in [-0.05, 0) is 49.3 Å². The van der Waals surface area contributed by atoms with Crippen LogP contribution in [0.25, 0.3) is 0 Å². The zero-order chi connectivity index (χ0) is 20.1. The van der Waals surface area contributed by atoms with Gasteiger partial charge in [0.2, 0.25) is 5.91 Å². The SMILES string of the molecule is CC(C)OCCCNC(=O)C1Cc2ccccc2CN1S(=O)(=O)c1cccs1. The summed E-state index contributed by atoms with van der Waals surface area (Å²) in [5, 5.41) is 4.61. The van der Waals surface area contributed by atoms with Gasteiger partial charge in [-0.1, -0.05) is 30.3 Å². The van der Waals surface area contributed by atoms with Crippen LogP contribution < -0.4 is 5.32 Å². The van der Waals surface area contributed by atoms with E-state index < -0.39 is 16.1 Å². The number of hydrogen-bond acceptors (Lipinski definition) is 5. The summed E-state index contributed by atoms with van der Waals surface area (Å²) in [6.45, 7) is 5.14. The number of benzene rings is 1. The normalized spacial score (nSPS) is 17.5. The fourth-order valence-electron chi connectivity index (χ4n) is 3.22. The summed E-state index contributed by atoms with van der Waals surface area (Å²) >= 11 is 1.17. The monoisotopic (exact) mass is 422 g/mol. The number of sulfonamides is 1. The molecule has 1 aliphatic rings. The van der Waals surface area contributed by atoms with Crippen molar-refractivity contribution in [3.8, 4) is 0 Å². The predicted molar refractivity (Wildman–Crippen MR) is 110 cm³/mol. The van der Waals surface area contributed by atoms with Crippen LogP contribution in [-0.2, 0) is 32.5 Å². The molecule has 0 saturated carbocycles. The van der Waals surface area contributed by atoms with Gasteiger partial charge in [-0.15, -0.1) is 11.3 Å². The zero-order valence-electron chi connectivity index (χ0n) is 16.1. The van der Waals surface area contributed by atoms with E-state index in [1.54, 1.807) is 17.5 Å². The second-order valence-corrected chi connectivity index (χ2v) is 10.1. The van der Waals surface area contributed by atoms with Crippen LogP contribution in [-0.4, -0.2) is 43.9 Å². The van der Waals surface area contributed by atoms with Crippen LogP contribution in [0, 0.1) is 0 Å². The van der Waals surface area contributed by atoms with Gasteiger partial charge in [-0.3, -0.25) is 4.79 Å². The first-order valence-electron chi connectivity index (χ1n) is 9.41. The van der Waals surface area contributed by atoms with Gasteiger partial charge in [-0.2, -0.15) is 4.31 Å². The molecule has 8 heteroatoms. The third-order valence-corrected chi connectivity index (χ3v) is 7.87. The highest BCUT2D eigenvalue weighted by atomic mass is 32.2. The molecule has 1 aliphatic heterocycles. The van der Waals surface area contributed by atoms with Crippen molar-refractivity contribution in [3.63, 3.8) is 0 Å². The molecule has 1 aromatic heterocycles. The maximum atomic E-state index is 13.2. The number of carbonyl (C=O) groups is 1. The first-order valence-corrected chi connectivity index (χ1v) is 11.7. The van der Waals surface area contributed by atoms with Crippen LogP contribution in [0.3, 0.4) is 0 Å². The maximum Gasteiger partial charge on any atom is 0.253 e. The molecular weight excluding hydrogens is 396 g/mol. The number of carbonyl (C=O) groups excluding carboxylic acids is 1. The lowest BCUT2D eigenvalue weighted by Gasteiger charge is -2.34. The molecule has 1 unspecified atom stereocenters. The number of ether oxygens (including phenoxy) is 1. The highest BCUT2D eigenvalue weighted by Crippen LogP contribution is 2.30. The van der Waals surface area contributed by atoms with E-state index in [0.717, 1.165) is 11.1 Å². The van der Waals surface area contributed by atoms with E-state index in [4.69, 9.17) is 4.74 Å². The van der Waals surface area contributed by atoms with Crippen LogP contribution in [0.1, 0.15) is 31.4 Å². The van der Waals surface area contributed by atoms with Gasteiger partial charge in [0, 0.05) is 19.7 Å². The molecule has 3 rings (SSSR count). The minimum Gasteiger partial charge on any atom is -0.379 e. The highest BCUT2D eigenvalue weighted by Gasteiger charge is 2.39. The number of rotatable bonds is 8. The van der Waals surface area contributed by atoms with Gasteiger partial charge < -0.3 is 10.1 Å². The van der Waals surface area contributed by atoms with Crippen LogP contribution in [0.15, 0.2) is 46.0 Å². The highest BCUT2D eigenvalue weighted by molar-refractivity contribution is 7.91. The third-order valence-electron chi connectivity index (χ3n) is 4.64. The third kappa shape index (κ3) is 4.81. The van der Waals surface area contributed by atoms with Crippen molar-refractivity contribution in [1.29, 1.82) is 0 Å². The molecular formula is C20H26N2O4S2. The van der Waals surface area contributed by atoms with Gasteiger partial charge in [0.1, 0.15) is 10.3 Å². The smallest absolute Gasteiger partial charge is 0.253 e. The fraction of sp³-hybridized carbons (Fsp3) is 0.450. The van der Waals surface area contributed by atoms with Crippen LogP contribution in [0.4, 0.5) is 0 Å². The number of hydrogen-bond donors (Lipinski definition) is 1. The van der Waals surface area contributed by atoms with E-state index in [0.29, 0.717) is 26.0 Å². The first kappa shape index (κ1) is 21.0. The average molecular weight is 423 g/mol. The summed E-state index contributed by atoms with van der Waals surface area (Å²) < 4.78 is 33.4. The topological polar surface area (TPSA) is 75.7 Å². The lowest BCUT2D eigenvalue weighted by Crippen LogP contribution is -2.52. The molecule has 1 aromatic carbocycles. The van der Waals surface area contributed by atoms with Gasteiger partial charge in [0.15, 0.2) is 0 Å². The molecule has 2 aromatic rings. The van der Waals surface area contributed by atoms with Gasteiger partial charge in [-0.25, -0.2) is 8.42 Å². The Morgan fingerprint density at radius 1 is 1.25 bits per heavy atom. The molecule has 0 saturated heterocycles. The van der Waals surface area contributed by atoms with Crippen molar-refractivity contribution in [3.05, 3.63) is 52.9 Å².